The lowest BCUT2D eigenvalue weighted by atomic mass is 10.1. The summed E-state index contributed by atoms with van der Waals surface area (Å²) in [6.07, 6.45) is -4.35. The number of ether oxygens (including phenoxy) is 1. The van der Waals surface area contributed by atoms with Crippen LogP contribution in [0, 0.1) is 6.92 Å². The third-order valence-electron chi connectivity index (χ3n) is 4.30. The second kappa shape index (κ2) is 9.67. The molecule has 0 saturated carbocycles. The predicted octanol–water partition coefficient (Wildman–Crippen LogP) is 4.98. The first-order chi connectivity index (χ1) is 14.7. The van der Waals surface area contributed by atoms with E-state index in [9.17, 15) is 18.0 Å². The number of carbonyl (C=O) groups is 1. The van der Waals surface area contributed by atoms with Crippen LogP contribution in [0.25, 0.3) is 0 Å². The highest BCUT2D eigenvalue weighted by Crippen LogP contribution is 2.31. The third kappa shape index (κ3) is 5.96. The van der Waals surface area contributed by atoms with Crippen LogP contribution in [-0.4, -0.2) is 21.6 Å². The number of rotatable bonds is 6. The van der Waals surface area contributed by atoms with Crippen molar-refractivity contribution >= 4 is 29.0 Å². The summed E-state index contributed by atoms with van der Waals surface area (Å²) >= 11 is 7.41. The first-order valence-electron chi connectivity index (χ1n) is 9.16. The topological polar surface area (TPSA) is 63.8 Å². The maximum Gasteiger partial charge on any atom is 0.416 e. The number of aliphatic hydroxyl groups excluding tert-OH is 1. The second-order valence-corrected chi connectivity index (χ2v) is 7.96. The minimum Gasteiger partial charge on any atom is -0.457 e. The summed E-state index contributed by atoms with van der Waals surface area (Å²) in [5, 5.41) is 9.45. The molecule has 5 nitrogen and oxygen atoms in total. The van der Waals surface area contributed by atoms with E-state index in [2.05, 4.69) is 4.99 Å². The average molecular weight is 471 g/mol. The fraction of sp³-hybridized carbons (Fsp3) is 0.238. The van der Waals surface area contributed by atoms with Crippen LogP contribution in [0.3, 0.4) is 0 Å². The molecular weight excluding hydrogens is 453 g/mol. The van der Waals surface area contributed by atoms with Crippen LogP contribution >= 0.6 is 23.1 Å². The Kier molecular flexibility index (Phi) is 7.19. The van der Waals surface area contributed by atoms with Gasteiger partial charge < -0.3 is 9.84 Å². The number of nitrogens with zero attached hydrogens (tertiary/aromatic N) is 2. The largest absolute Gasteiger partial charge is 0.457 e. The molecule has 1 N–H and O–H groups in total. The van der Waals surface area contributed by atoms with Crippen LogP contribution in [0.4, 0.5) is 13.2 Å². The van der Waals surface area contributed by atoms with Crippen LogP contribution in [0.5, 0.6) is 11.5 Å². The van der Waals surface area contributed by atoms with E-state index in [4.69, 9.17) is 21.4 Å². The van der Waals surface area contributed by atoms with Crippen molar-refractivity contribution in [3.63, 3.8) is 0 Å². The van der Waals surface area contributed by atoms with Gasteiger partial charge in [0.1, 0.15) is 11.5 Å². The van der Waals surface area contributed by atoms with Gasteiger partial charge in [0.15, 0.2) is 4.67 Å². The Morgan fingerprint density at radius 1 is 1.13 bits per heavy atom. The summed E-state index contributed by atoms with van der Waals surface area (Å²) in [7, 11) is 0. The van der Waals surface area contributed by atoms with E-state index in [1.54, 1.807) is 35.1 Å². The average Bonchev–Trinajstić information content (AvgIpc) is 2.97. The molecule has 0 fully saturated rings. The molecule has 0 aliphatic rings. The predicted molar refractivity (Wildman–Crippen MR) is 111 cm³/mol. The zero-order valence-corrected chi connectivity index (χ0v) is 17.9. The van der Waals surface area contributed by atoms with Crippen LogP contribution in [0.15, 0.2) is 53.5 Å². The number of hydrogen-bond acceptors (Lipinski definition) is 4. The van der Waals surface area contributed by atoms with Crippen LogP contribution < -0.4 is 9.41 Å². The van der Waals surface area contributed by atoms with E-state index < -0.39 is 11.7 Å². The van der Waals surface area contributed by atoms with Gasteiger partial charge in [-0.15, -0.1) is 0 Å². The Bertz CT molecular complexity index is 1120. The minimum atomic E-state index is -4.40. The SMILES string of the molecule is Cc1c(Cl)c(=NC(=O)Cc2ccc(Oc3ccc(C(F)(F)F)cc3)cc2)sn1CCO. The number of aliphatic hydroxyl groups is 1. The summed E-state index contributed by atoms with van der Waals surface area (Å²) in [5.41, 5.74) is 0.679. The molecular formula is C21H18ClF3N2O3S. The van der Waals surface area contributed by atoms with Crippen molar-refractivity contribution < 1.29 is 27.8 Å². The third-order valence-corrected chi connectivity index (χ3v) is 6.01. The Balaban J connectivity index is 1.65. The molecule has 0 unspecified atom stereocenters. The van der Waals surface area contributed by atoms with Gasteiger partial charge in [0.05, 0.1) is 30.2 Å². The summed E-state index contributed by atoms with van der Waals surface area (Å²) < 4.78 is 45.5. The molecule has 0 aliphatic carbocycles. The highest BCUT2D eigenvalue weighted by Gasteiger charge is 2.30. The van der Waals surface area contributed by atoms with Gasteiger partial charge in [0, 0.05) is 5.69 Å². The standard InChI is InChI=1S/C21H18ClF3N2O3S/c1-13-19(22)20(31-27(13)10-11-28)26-18(29)12-14-2-6-16(7-3-14)30-17-8-4-15(5-9-17)21(23,24)25/h2-9,28H,10-12H2,1H3. The lowest BCUT2D eigenvalue weighted by molar-refractivity contribution is -0.137. The van der Waals surface area contributed by atoms with Gasteiger partial charge >= 0.3 is 6.18 Å². The van der Waals surface area contributed by atoms with Gasteiger partial charge in [-0.2, -0.15) is 18.2 Å². The van der Waals surface area contributed by atoms with Crippen molar-refractivity contribution in [1.29, 1.82) is 0 Å². The van der Waals surface area contributed by atoms with Gasteiger partial charge in [-0.05, 0) is 60.4 Å². The van der Waals surface area contributed by atoms with E-state index in [-0.39, 0.29) is 24.7 Å². The summed E-state index contributed by atoms with van der Waals surface area (Å²) in [4.78, 5) is 16.4. The van der Waals surface area contributed by atoms with Crippen LogP contribution in [-0.2, 0) is 23.9 Å². The monoisotopic (exact) mass is 470 g/mol. The van der Waals surface area contributed by atoms with Gasteiger partial charge in [0.25, 0.3) is 5.91 Å². The zero-order valence-electron chi connectivity index (χ0n) is 16.3. The lowest BCUT2D eigenvalue weighted by Crippen LogP contribution is -2.06. The Labute approximate surface area is 185 Å². The second-order valence-electron chi connectivity index (χ2n) is 6.57. The Hall–Kier alpha value is -2.62. The van der Waals surface area contributed by atoms with Crippen LogP contribution in [0.1, 0.15) is 16.8 Å². The zero-order chi connectivity index (χ0) is 22.6. The van der Waals surface area contributed by atoms with Gasteiger partial charge in [-0.25, -0.2) is 0 Å². The quantitative estimate of drug-likeness (QED) is 0.552. The van der Waals surface area contributed by atoms with E-state index in [1.807, 2.05) is 0 Å². The van der Waals surface area contributed by atoms with Crippen LogP contribution in [0.2, 0.25) is 5.02 Å². The summed E-state index contributed by atoms with van der Waals surface area (Å²) in [6.45, 7) is 2.12. The lowest BCUT2D eigenvalue weighted by Gasteiger charge is -2.09. The molecule has 2 aromatic carbocycles. The summed E-state index contributed by atoms with van der Waals surface area (Å²) in [5.74, 6) is 0.316. The smallest absolute Gasteiger partial charge is 0.416 e. The highest BCUT2D eigenvalue weighted by molar-refractivity contribution is 7.04. The van der Waals surface area contributed by atoms with Crippen molar-refractivity contribution in [2.24, 2.45) is 4.99 Å². The molecule has 0 spiro atoms. The number of halogens is 4. The van der Waals surface area contributed by atoms with E-state index in [1.165, 1.54) is 23.7 Å². The maximum absolute atomic E-state index is 12.6. The molecule has 0 radical (unpaired) electrons. The van der Waals surface area contributed by atoms with Gasteiger partial charge in [-0.1, -0.05) is 23.7 Å². The molecule has 164 valence electrons. The number of hydrogen-bond donors (Lipinski definition) is 1. The van der Waals surface area contributed by atoms with Crippen molar-refractivity contribution in [2.75, 3.05) is 6.61 Å². The molecule has 31 heavy (non-hydrogen) atoms. The molecule has 0 bridgehead atoms. The molecule has 0 atom stereocenters. The molecule has 1 aromatic heterocycles. The number of amides is 1. The number of benzene rings is 2. The van der Waals surface area contributed by atoms with Gasteiger partial charge in [-0.3, -0.25) is 8.75 Å². The van der Waals surface area contributed by atoms with E-state index in [0.29, 0.717) is 27.6 Å². The first kappa shape index (κ1) is 23.1. The van der Waals surface area contributed by atoms with E-state index in [0.717, 1.165) is 17.8 Å². The number of aromatic nitrogens is 1. The fourth-order valence-corrected chi connectivity index (χ4v) is 3.98. The Morgan fingerprint density at radius 2 is 1.71 bits per heavy atom. The van der Waals surface area contributed by atoms with Crippen molar-refractivity contribution in [3.05, 3.63) is 75.0 Å². The molecule has 1 heterocycles. The molecule has 0 saturated heterocycles. The fourth-order valence-electron chi connectivity index (χ4n) is 2.70. The van der Waals surface area contributed by atoms with Crippen molar-refractivity contribution in [1.82, 2.24) is 3.96 Å². The molecule has 1 amide bonds. The number of carbonyl (C=O) groups excluding carboxylic acids is 1. The first-order valence-corrected chi connectivity index (χ1v) is 10.3. The molecule has 0 aliphatic heterocycles. The van der Waals surface area contributed by atoms with E-state index >= 15 is 0 Å². The minimum absolute atomic E-state index is 0.0450. The summed E-state index contributed by atoms with van der Waals surface area (Å²) in [6, 6.07) is 11.0. The van der Waals surface area contributed by atoms with Crippen molar-refractivity contribution in [2.45, 2.75) is 26.1 Å². The molecule has 10 heteroatoms. The Morgan fingerprint density at radius 3 is 2.26 bits per heavy atom. The maximum atomic E-state index is 12.6. The normalized spacial score (nSPS) is 12.3. The highest BCUT2D eigenvalue weighted by atomic mass is 35.5. The van der Waals surface area contributed by atoms with Crippen molar-refractivity contribution in [3.8, 4) is 11.5 Å². The molecule has 3 aromatic rings. The molecule has 3 rings (SSSR count). The number of alkyl halides is 3. The van der Waals surface area contributed by atoms with Gasteiger partial charge in [0.2, 0.25) is 0 Å².